The lowest BCUT2D eigenvalue weighted by molar-refractivity contribution is 0.355. The van der Waals surface area contributed by atoms with Crippen molar-refractivity contribution in [2.24, 2.45) is 0 Å². The van der Waals surface area contributed by atoms with Gasteiger partial charge in [-0.2, -0.15) is 15.1 Å². The Morgan fingerprint density at radius 3 is 2.71 bits per heavy atom. The first-order valence-corrected chi connectivity index (χ1v) is 6.17. The molecule has 0 aliphatic heterocycles. The van der Waals surface area contributed by atoms with E-state index >= 15 is 0 Å². The van der Waals surface area contributed by atoms with Crippen LogP contribution in [0.2, 0.25) is 0 Å². The van der Waals surface area contributed by atoms with Crippen LogP contribution in [0.5, 0.6) is 11.5 Å². The number of anilines is 3. The molecule has 1 aromatic carbocycles. The van der Waals surface area contributed by atoms with Gasteiger partial charge < -0.3 is 20.5 Å². The molecule has 0 radical (unpaired) electrons. The number of ether oxygens (including phenoxy) is 2. The number of aromatic nitrogens is 4. The smallest absolute Gasteiger partial charge is 0.224 e. The Morgan fingerprint density at radius 1 is 1.14 bits per heavy atom. The number of nitrogens with zero attached hydrogens (tertiary/aromatic N) is 3. The largest absolute Gasteiger partial charge is 0.493 e. The maximum absolute atomic E-state index is 5.68. The molecule has 2 aromatic heterocycles. The molecule has 0 aliphatic rings. The predicted octanol–water partition coefficient (Wildman–Crippen LogP) is 1.70. The minimum absolute atomic E-state index is 0.162. The number of fused-ring (bicyclic) bond motifs is 1. The highest BCUT2D eigenvalue weighted by molar-refractivity contribution is 5.89. The first kappa shape index (κ1) is 13.0. The van der Waals surface area contributed by atoms with Gasteiger partial charge in [-0.1, -0.05) is 0 Å². The highest BCUT2D eigenvalue weighted by Crippen LogP contribution is 2.32. The van der Waals surface area contributed by atoms with Gasteiger partial charge in [-0.3, -0.25) is 5.10 Å². The molecule has 3 rings (SSSR count). The maximum atomic E-state index is 5.68. The van der Waals surface area contributed by atoms with Crippen LogP contribution in [0.4, 0.5) is 17.5 Å². The van der Waals surface area contributed by atoms with E-state index in [1.807, 2.05) is 12.1 Å². The average molecular weight is 286 g/mol. The van der Waals surface area contributed by atoms with Crippen LogP contribution < -0.4 is 20.5 Å². The summed E-state index contributed by atoms with van der Waals surface area (Å²) in [5.41, 5.74) is 7.04. The molecule has 108 valence electrons. The van der Waals surface area contributed by atoms with E-state index in [4.69, 9.17) is 15.2 Å². The van der Waals surface area contributed by atoms with Crippen LogP contribution >= 0.6 is 0 Å². The monoisotopic (exact) mass is 286 g/mol. The van der Waals surface area contributed by atoms with Crippen LogP contribution in [0.15, 0.2) is 24.4 Å². The van der Waals surface area contributed by atoms with Gasteiger partial charge in [0.2, 0.25) is 5.95 Å². The summed E-state index contributed by atoms with van der Waals surface area (Å²) in [7, 11) is 3.17. The van der Waals surface area contributed by atoms with Crippen molar-refractivity contribution in [2.75, 3.05) is 25.3 Å². The van der Waals surface area contributed by atoms with Crippen molar-refractivity contribution in [3.05, 3.63) is 24.4 Å². The number of nitrogen functional groups attached to an aromatic ring is 1. The van der Waals surface area contributed by atoms with E-state index < -0.39 is 0 Å². The fourth-order valence-electron chi connectivity index (χ4n) is 2.00. The quantitative estimate of drug-likeness (QED) is 0.669. The summed E-state index contributed by atoms with van der Waals surface area (Å²) in [6.45, 7) is 0. The van der Waals surface area contributed by atoms with Gasteiger partial charge >= 0.3 is 0 Å². The van der Waals surface area contributed by atoms with Crippen molar-refractivity contribution >= 4 is 28.5 Å². The topological polar surface area (TPSA) is 111 Å². The molecule has 0 amide bonds. The van der Waals surface area contributed by atoms with Gasteiger partial charge in [0.15, 0.2) is 17.1 Å². The standard InChI is InChI=1S/C13H14N6O2/c1-20-9-4-3-7(5-10(9)21-2)16-11-8-6-15-19-12(8)18-13(14)17-11/h3-6H,1-2H3,(H4,14,15,16,17,18,19). The Hall–Kier alpha value is -3.03. The van der Waals surface area contributed by atoms with E-state index in [9.17, 15) is 0 Å². The second-order valence-electron chi connectivity index (χ2n) is 4.26. The molecule has 4 N–H and O–H groups in total. The highest BCUT2D eigenvalue weighted by Gasteiger charge is 2.10. The number of H-pyrrole nitrogens is 1. The number of hydrogen-bond donors (Lipinski definition) is 3. The molecule has 0 unspecified atom stereocenters. The molecule has 21 heavy (non-hydrogen) atoms. The van der Waals surface area contributed by atoms with Crippen molar-refractivity contribution in [3.8, 4) is 11.5 Å². The SMILES string of the molecule is COc1ccc(Nc2nc(N)nc3[nH]ncc23)cc1OC. The van der Waals surface area contributed by atoms with Crippen LogP contribution in [-0.2, 0) is 0 Å². The van der Waals surface area contributed by atoms with Gasteiger partial charge in [-0.05, 0) is 12.1 Å². The third-order valence-corrected chi connectivity index (χ3v) is 2.97. The van der Waals surface area contributed by atoms with Gasteiger partial charge in [0.05, 0.1) is 25.8 Å². The third kappa shape index (κ3) is 2.38. The lowest BCUT2D eigenvalue weighted by atomic mass is 10.2. The number of hydrogen-bond acceptors (Lipinski definition) is 7. The molecule has 0 bridgehead atoms. The van der Waals surface area contributed by atoms with Gasteiger partial charge in [-0.15, -0.1) is 0 Å². The molecule has 0 aliphatic carbocycles. The molecular weight excluding hydrogens is 272 g/mol. The van der Waals surface area contributed by atoms with E-state index in [0.29, 0.717) is 23.0 Å². The van der Waals surface area contributed by atoms with Crippen molar-refractivity contribution in [3.63, 3.8) is 0 Å². The Labute approximate surface area is 120 Å². The van der Waals surface area contributed by atoms with Crippen molar-refractivity contribution < 1.29 is 9.47 Å². The van der Waals surface area contributed by atoms with Gasteiger partial charge in [0, 0.05) is 11.8 Å². The molecule has 8 heteroatoms. The molecule has 0 spiro atoms. The van der Waals surface area contributed by atoms with Crippen LogP contribution in [0, 0.1) is 0 Å². The second-order valence-corrected chi connectivity index (χ2v) is 4.26. The Morgan fingerprint density at radius 2 is 1.95 bits per heavy atom. The Kier molecular flexibility index (Phi) is 3.19. The van der Waals surface area contributed by atoms with Gasteiger partial charge in [0.25, 0.3) is 0 Å². The number of nitrogens with two attached hydrogens (primary N) is 1. The van der Waals surface area contributed by atoms with E-state index in [2.05, 4.69) is 25.5 Å². The fourth-order valence-corrected chi connectivity index (χ4v) is 2.00. The van der Waals surface area contributed by atoms with Crippen LogP contribution in [0.25, 0.3) is 11.0 Å². The van der Waals surface area contributed by atoms with Gasteiger partial charge in [0.1, 0.15) is 5.82 Å². The number of benzene rings is 1. The second kappa shape index (κ2) is 5.16. The van der Waals surface area contributed by atoms with Gasteiger partial charge in [-0.25, -0.2) is 0 Å². The van der Waals surface area contributed by atoms with E-state index in [1.54, 1.807) is 26.5 Å². The Balaban J connectivity index is 2.00. The molecule has 3 aromatic rings. The van der Waals surface area contributed by atoms with E-state index in [-0.39, 0.29) is 5.95 Å². The number of aromatic amines is 1. The van der Waals surface area contributed by atoms with E-state index in [1.165, 1.54) is 0 Å². The molecule has 2 heterocycles. The summed E-state index contributed by atoms with van der Waals surface area (Å²) in [4.78, 5) is 8.25. The maximum Gasteiger partial charge on any atom is 0.224 e. The van der Waals surface area contributed by atoms with Crippen molar-refractivity contribution in [2.45, 2.75) is 0 Å². The summed E-state index contributed by atoms with van der Waals surface area (Å²) >= 11 is 0. The van der Waals surface area contributed by atoms with E-state index in [0.717, 1.165) is 11.1 Å². The first-order chi connectivity index (χ1) is 10.2. The zero-order chi connectivity index (χ0) is 14.8. The summed E-state index contributed by atoms with van der Waals surface area (Å²) in [6, 6.07) is 5.47. The van der Waals surface area contributed by atoms with Crippen LogP contribution in [0.1, 0.15) is 0 Å². The van der Waals surface area contributed by atoms with Crippen molar-refractivity contribution in [1.29, 1.82) is 0 Å². The fraction of sp³-hybridized carbons (Fsp3) is 0.154. The molecular formula is C13H14N6O2. The normalized spacial score (nSPS) is 10.6. The Bertz CT molecular complexity index is 785. The number of nitrogens with one attached hydrogen (secondary N) is 2. The highest BCUT2D eigenvalue weighted by atomic mass is 16.5. The zero-order valence-electron chi connectivity index (χ0n) is 11.5. The lowest BCUT2D eigenvalue weighted by Crippen LogP contribution is -2.01. The molecule has 0 saturated carbocycles. The number of methoxy groups -OCH3 is 2. The summed E-state index contributed by atoms with van der Waals surface area (Å²) < 4.78 is 10.5. The summed E-state index contributed by atoms with van der Waals surface area (Å²) in [6.07, 6.45) is 1.64. The van der Waals surface area contributed by atoms with Crippen LogP contribution in [-0.4, -0.2) is 34.4 Å². The molecule has 0 saturated heterocycles. The molecule has 0 atom stereocenters. The molecule has 8 nitrogen and oxygen atoms in total. The average Bonchev–Trinajstić information content (AvgIpc) is 2.95. The zero-order valence-corrected chi connectivity index (χ0v) is 11.5. The van der Waals surface area contributed by atoms with Crippen LogP contribution in [0.3, 0.4) is 0 Å². The molecule has 0 fully saturated rings. The predicted molar refractivity (Wildman–Crippen MR) is 78.9 cm³/mol. The first-order valence-electron chi connectivity index (χ1n) is 6.17. The van der Waals surface area contributed by atoms with Crippen molar-refractivity contribution in [1.82, 2.24) is 20.2 Å². The number of rotatable bonds is 4. The minimum atomic E-state index is 0.162. The summed E-state index contributed by atoms with van der Waals surface area (Å²) in [5, 5.41) is 10.6. The lowest BCUT2D eigenvalue weighted by Gasteiger charge is -2.11. The minimum Gasteiger partial charge on any atom is -0.493 e. The third-order valence-electron chi connectivity index (χ3n) is 2.97. The summed E-state index contributed by atoms with van der Waals surface area (Å²) in [5.74, 6) is 2.00.